The number of fused-ring (bicyclic) bond motifs is 1. The molecule has 0 aliphatic rings. The summed E-state index contributed by atoms with van der Waals surface area (Å²) in [5.74, 6) is -0.411. The standard InChI is InChI=1S/C25H23N3O2/c1-27(18-24(29)26-20-12-6-3-7-13-20)25(30)22-17-28(16-19-10-4-2-5-11-19)23-15-9-8-14-21(22)23/h2-15,17H,16,18H2,1H3,(H,26,29). The average Bonchev–Trinajstić information content (AvgIpc) is 3.13. The molecule has 1 heterocycles. The zero-order valence-corrected chi connectivity index (χ0v) is 16.8. The summed E-state index contributed by atoms with van der Waals surface area (Å²) in [7, 11) is 1.65. The Balaban J connectivity index is 1.54. The van der Waals surface area contributed by atoms with E-state index < -0.39 is 0 Å². The van der Waals surface area contributed by atoms with E-state index >= 15 is 0 Å². The maximum absolute atomic E-state index is 13.1. The first-order chi connectivity index (χ1) is 14.6. The number of hydrogen-bond donors (Lipinski definition) is 1. The highest BCUT2D eigenvalue weighted by Gasteiger charge is 2.20. The van der Waals surface area contributed by atoms with Crippen LogP contribution >= 0.6 is 0 Å². The summed E-state index contributed by atoms with van der Waals surface area (Å²) < 4.78 is 2.08. The lowest BCUT2D eigenvalue weighted by Crippen LogP contribution is -2.34. The maximum Gasteiger partial charge on any atom is 0.256 e. The quantitative estimate of drug-likeness (QED) is 0.524. The van der Waals surface area contributed by atoms with Crippen molar-refractivity contribution < 1.29 is 9.59 Å². The lowest BCUT2D eigenvalue weighted by molar-refractivity contribution is -0.116. The van der Waals surface area contributed by atoms with Crippen molar-refractivity contribution in [3.63, 3.8) is 0 Å². The molecule has 0 radical (unpaired) electrons. The Morgan fingerprint density at radius 3 is 2.23 bits per heavy atom. The zero-order chi connectivity index (χ0) is 20.9. The number of nitrogens with zero attached hydrogens (tertiary/aromatic N) is 2. The Morgan fingerprint density at radius 2 is 1.50 bits per heavy atom. The third kappa shape index (κ3) is 4.25. The summed E-state index contributed by atoms with van der Waals surface area (Å²) in [6, 6.07) is 27.2. The molecule has 5 heteroatoms. The summed E-state index contributed by atoms with van der Waals surface area (Å²) in [5, 5.41) is 3.70. The van der Waals surface area contributed by atoms with Crippen LogP contribution in [0.1, 0.15) is 15.9 Å². The monoisotopic (exact) mass is 397 g/mol. The van der Waals surface area contributed by atoms with Crippen molar-refractivity contribution >= 4 is 28.4 Å². The number of para-hydroxylation sites is 2. The van der Waals surface area contributed by atoms with Gasteiger partial charge in [-0.15, -0.1) is 0 Å². The molecule has 0 saturated heterocycles. The minimum atomic E-state index is -0.231. The van der Waals surface area contributed by atoms with Crippen LogP contribution in [0.5, 0.6) is 0 Å². The van der Waals surface area contributed by atoms with Gasteiger partial charge in [-0.05, 0) is 23.8 Å². The molecule has 1 N–H and O–H groups in total. The van der Waals surface area contributed by atoms with Gasteiger partial charge in [0.2, 0.25) is 5.91 Å². The first kappa shape index (κ1) is 19.5. The van der Waals surface area contributed by atoms with Crippen molar-refractivity contribution in [2.45, 2.75) is 6.54 Å². The summed E-state index contributed by atoms with van der Waals surface area (Å²) >= 11 is 0. The number of benzene rings is 3. The molecule has 1 aromatic heterocycles. The fraction of sp³-hybridized carbons (Fsp3) is 0.120. The predicted molar refractivity (Wildman–Crippen MR) is 120 cm³/mol. The number of carbonyl (C=O) groups excluding carboxylic acids is 2. The van der Waals surface area contributed by atoms with Gasteiger partial charge in [-0.25, -0.2) is 0 Å². The first-order valence-electron chi connectivity index (χ1n) is 9.84. The van der Waals surface area contributed by atoms with E-state index in [9.17, 15) is 9.59 Å². The highest BCUT2D eigenvalue weighted by Crippen LogP contribution is 2.23. The van der Waals surface area contributed by atoms with Crippen LogP contribution in [0.4, 0.5) is 5.69 Å². The summed E-state index contributed by atoms with van der Waals surface area (Å²) in [4.78, 5) is 27.0. The molecule has 4 aromatic rings. The van der Waals surface area contributed by atoms with Crippen LogP contribution in [-0.4, -0.2) is 34.9 Å². The first-order valence-corrected chi connectivity index (χ1v) is 9.84. The van der Waals surface area contributed by atoms with E-state index in [1.807, 2.05) is 79.0 Å². The van der Waals surface area contributed by atoms with Crippen molar-refractivity contribution in [3.05, 3.63) is 102 Å². The van der Waals surface area contributed by atoms with E-state index in [2.05, 4.69) is 22.0 Å². The number of amides is 2. The smallest absolute Gasteiger partial charge is 0.256 e. The Labute approximate surface area is 175 Å². The number of hydrogen-bond acceptors (Lipinski definition) is 2. The summed E-state index contributed by atoms with van der Waals surface area (Å²) in [5.41, 5.74) is 3.46. The fourth-order valence-electron chi connectivity index (χ4n) is 3.54. The highest BCUT2D eigenvalue weighted by atomic mass is 16.2. The van der Waals surface area contributed by atoms with Crippen LogP contribution in [0.15, 0.2) is 91.1 Å². The van der Waals surface area contributed by atoms with E-state index in [-0.39, 0.29) is 18.4 Å². The Hall–Kier alpha value is -3.86. The second-order valence-electron chi connectivity index (χ2n) is 7.25. The average molecular weight is 397 g/mol. The Bertz CT molecular complexity index is 1170. The van der Waals surface area contributed by atoms with Crippen molar-refractivity contribution in [3.8, 4) is 0 Å². The predicted octanol–water partition coefficient (Wildman–Crippen LogP) is 4.40. The second kappa shape index (κ2) is 8.66. The number of likely N-dealkylation sites (N-methyl/N-ethyl adjacent to an activating group) is 1. The van der Waals surface area contributed by atoms with Crippen molar-refractivity contribution in [1.82, 2.24) is 9.47 Å². The minimum absolute atomic E-state index is 0.0219. The van der Waals surface area contributed by atoms with E-state index in [0.29, 0.717) is 17.8 Å². The van der Waals surface area contributed by atoms with Crippen molar-refractivity contribution in [2.75, 3.05) is 18.9 Å². The highest BCUT2D eigenvalue weighted by molar-refractivity contribution is 6.08. The van der Waals surface area contributed by atoms with Crippen LogP contribution in [0.3, 0.4) is 0 Å². The Morgan fingerprint density at radius 1 is 0.867 bits per heavy atom. The van der Waals surface area contributed by atoms with E-state index in [4.69, 9.17) is 0 Å². The summed E-state index contributed by atoms with van der Waals surface area (Å²) in [6.07, 6.45) is 1.88. The molecular formula is C25H23N3O2. The molecule has 3 aromatic carbocycles. The normalized spacial score (nSPS) is 10.7. The van der Waals surface area contributed by atoms with Gasteiger partial charge < -0.3 is 14.8 Å². The number of aromatic nitrogens is 1. The van der Waals surface area contributed by atoms with E-state index in [1.165, 1.54) is 4.90 Å². The summed E-state index contributed by atoms with van der Waals surface area (Å²) in [6.45, 7) is 0.652. The molecule has 0 unspecified atom stereocenters. The van der Waals surface area contributed by atoms with Crippen LogP contribution in [-0.2, 0) is 11.3 Å². The van der Waals surface area contributed by atoms with Crippen LogP contribution in [0.2, 0.25) is 0 Å². The number of rotatable bonds is 6. The van der Waals surface area contributed by atoms with Gasteiger partial charge in [0, 0.05) is 36.4 Å². The number of carbonyl (C=O) groups is 2. The van der Waals surface area contributed by atoms with Gasteiger partial charge in [-0.1, -0.05) is 66.7 Å². The Kier molecular flexibility index (Phi) is 5.61. The molecule has 0 fully saturated rings. The third-order valence-corrected chi connectivity index (χ3v) is 5.00. The molecule has 0 saturated carbocycles. The topological polar surface area (TPSA) is 54.3 Å². The van der Waals surface area contributed by atoms with Crippen molar-refractivity contribution in [1.29, 1.82) is 0 Å². The molecule has 0 spiro atoms. The van der Waals surface area contributed by atoms with Gasteiger partial charge in [0.1, 0.15) is 0 Å². The minimum Gasteiger partial charge on any atom is -0.342 e. The fourth-order valence-corrected chi connectivity index (χ4v) is 3.54. The molecule has 5 nitrogen and oxygen atoms in total. The van der Waals surface area contributed by atoms with Gasteiger partial charge in [0.05, 0.1) is 12.1 Å². The van der Waals surface area contributed by atoms with E-state index in [1.54, 1.807) is 7.05 Å². The van der Waals surface area contributed by atoms with Gasteiger partial charge >= 0.3 is 0 Å². The number of anilines is 1. The molecule has 30 heavy (non-hydrogen) atoms. The molecule has 0 atom stereocenters. The zero-order valence-electron chi connectivity index (χ0n) is 16.8. The lowest BCUT2D eigenvalue weighted by Gasteiger charge is -2.16. The van der Waals surface area contributed by atoms with Crippen molar-refractivity contribution in [2.24, 2.45) is 0 Å². The van der Waals surface area contributed by atoms with Crippen LogP contribution < -0.4 is 5.32 Å². The molecule has 150 valence electrons. The van der Waals surface area contributed by atoms with Crippen LogP contribution in [0.25, 0.3) is 10.9 Å². The second-order valence-corrected chi connectivity index (χ2v) is 7.25. The van der Waals surface area contributed by atoms with Gasteiger partial charge in [-0.3, -0.25) is 9.59 Å². The van der Waals surface area contributed by atoms with Gasteiger partial charge in [0.15, 0.2) is 0 Å². The van der Waals surface area contributed by atoms with Crippen LogP contribution in [0, 0.1) is 0 Å². The third-order valence-electron chi connectivity index (χ3n) is 5.00. The molecule has 0 aliphatic heterocycles. The molecule has 0 aliphatic carbocycles. The molecule has 4 rings (SSSR count). The van der Waals surface area contributed by atoms with E-state index in [0.717, 1.165) is 16.5 Å². The largest absolute Gasteiger partial charge is 0.342 e. The SMILES string of the molecule is CN(CC(=O)Nc1ccccc1)C(=O)c1cn(Cc2ccccc2)c2ccccc12. The lowest BCUT2D eigenvalue weighted by atomic mass is 10.1. The number of nitrogens with one attached hydrogen (secondary N) is 1. The molecular weight excluding hydrogens is 374 g/mol. The van der Waals surface area contributed by atoms with Gasteiger partial charge in [0.25, 0.3) is 5.91 Å². The van der Waals surface area contributed by atoms with Gasteiger partial charge in [-0.2, -0.15) is 0 Å². The maximum atomic E-state index is 13.1. The molecule has 2 amide bonds. The molecule has 0 bridgehead atoms.